The molecule has 1 aromatic heterocycles. The predicted molar refractivity (Wildman–Crippen MR) is 182 cm³/mol. The van der Waals surface area contributed by atoms with Gasteiger partial charge in [0.1, 0.15) is 5.69 Å². The van der Waals surface area contributed by atoms with E-state index in [-0.39, 0.29) is 23.1 Å². The SMILES string of the molecule is COc1ccc(C(=O)Nc2cc(C(=O)N3CCCNCC3)ccc2N2CCCN(C(=O)c3cc(C(C)(C)C)nn3C)CC2)cc1OC. The third-order valence-electron chi connectivity index (χ3n) is 8.76. The van der Waals surface area contributed by atoms with Gasteiger partial charge in [-0.1, -0.05) is 20.8 Å². The molecule has 5 rings (SSSR count). The van der Waals surface area contributed by atoms with E-state index in [0.29, 0.717) is 73.3 Å². The van der Waals surface area contributed by atoms with E-state index in [1.807, 2.05) is 35.0 Å². The van der Waals surface area contributed by atoms with E-state index in [0.717, 1.165) is 37.3 Å². The number of aromatic nitrogens is 2. The predicted octanol–water partition coefficient (Wildman–Crippen LogP) is 3.78. The Labute approximate surface area is 277 Å². The van der Waals surface area contributed by atoms with Gasteiger partial charge in [0.25, 0.3) is 17.7 Å². The molecular weight excluding hydrogens is 598 g/mol. The largest absolute Gasteiger partial charge is 0.493 e. The summed E-state index contributed by atoms with van der Waals surface area (Å²) in [5.41, 5.74) is 3.50. The standard InChI is InChI=1S/C35H47N7O5/c1-35(2,3)31-23-28(39(4)38-31)34(45)42-17-8-16-40(19-20-42)27-11-9-25(33(44)41-15-7-13-36-14-18-41)21-26(27)37-32(43)24-10-12-29(46-5)30(22-24)47-6/h9-12,21-23,36H,7-8,13-20H2,1-6H3,(H,37,43). The number of ether oxygens (including phenoxy) is 2. The van der Waals surface area contributed by atoms with Crippen LogP contribution in [0.25, 0.3) is 0 Å². The van der Waals surface area contributed by atoms with Gasteiger partial charge in [-0.05, 0) is 61.9 Å². The summed E-state index contributed by atoms with van der Waals surface area (Å²) in [4.78, 5) is 46.8. The topological polar surface area (TPSA) is 121 Å². The van der Waals surface area contributed by atoms with Gasteiger partial charge in [-0.3, -0.25) is 19.1 Å². The van der Waals surface area contributed by atoms with Gasteiger partial charge >= 0.3 is 0 Å². The van der Waals surface area contributed by atoms with Gasteiger partial charge in [-0.25, -0.2) is 0 Å². The number of carbonyl (C=O) groups excluding carboxylic acids is 3. The maximum Gasteiger partial charge on any atom is 0.272 e. The zero-order valence-corrected chi connectivity index (χ0v) is 28.4. The zero-order chi connectivity index (χ0) is 33.7. The Morgan fingerprint density at radius 2 is 1.51 bits per heavy atom. The number of nitrogens with one attached hydrogen (secondary N) is 2. The van der Waals surface area contributed by atoms with Crippen molar-refractivity contribution in [2.45, 2.75) is 39.0 Å². The van der Waals surface area contributed by atoms with E-state index in [4.69, 9.17) is 9.47 Å². The van der Waals surface area contributed by atoms with Crippen LogP contribution in [-0.2, 0) is 12.5 Å². The van der Waals surface area contributed by atoms with Gasteiger partial charge in [-0.2, -0.15) is 5.10 Å². The summed E-state index contributed by atoms with van der Waals surface area (Å²) in [6.07, 6.45) is 1.62. The molecule has 3 heterocycles. The van der Waals surface area contributed by atoms with Crippen LogP contribution in [-0.4, -0.2) is 104 Å². The second kappa shape index (κ2) is 14.5. The Bertz CT molecular complexity index is 1600. The van der Waals surface area contributed by atoms with Crippen LogP contribution in [0.3, 0.4) is 0 Å². The minimum Gasteiger partial charge on any atom is -0.493 e. The van der Waals surface area contributed by atoms with Crippen LogP contribution in [0.15, 0.2) is 42.5 Å². The summed E-state index contributed by atoms with van der Waals surface area (Å²) < 4.78 is 12.4. The van der Waals surface area contributed by atoms with E-state index < -0.39 is 0 Å². The van der Waals surface area contributed by atoms with Crippen LogP contribution >= 0.6 is 0 Å². The quantitative estimate of drug-likeness (QED) is 0.399. The molecule has 12 heteroatoms. The fraction of sp³-hybridized carbons (Fsp3) is 0.486. The second-order valence-corrected chi connectivity index (χ2v) is 13.1. The molecule has 252 valence electrons. The maximum atomic E-state index is 13.6. The highest BCUT2D eigenvalue weighted by Gasteiger charge is 2.28. The van der Waals surface area contributed by atoms with Crippen LogP contribution in [0.4, 0.5) is 11.4 Å². The average Bonchev–Trinajstić information content (AvgIpc) is 3.23. The van der Waals surface area contributed by atoms with Crippen molar-refractivity contribution in [1.82, 2.24) is 24.9 Å². The van der Waals surface area contributed by atoms with Crippen molar-refractivity contribution in [3.05, 3.63) is 65.0 Å². The molecule has 2 aromatic carbocycles. The minimum atomic E-state index is -0.340. The Hall–Kier alpha value is -4.58. The van der Waals surface area contributed by atoms with Gasteiger partial charge in [0.15, 0.2) is 11.5 Å². The number of carbonyl (C=O) groups is 3. The lowest BCUT2D eigenvalue weighted by atomic mass is 9.92. The Morgan fingerprint density at radius 1 is 0.787 bits per heavy atom. The molecule has 2 N–H and O–H groups in total. The zero-order valence-electron chi connectivity index (χ0n) is 28.4. The Balaban J connectivity index is 1.41. The fourth-order valence-corrected chi connectivity index (χ4v) is 6.01. The molecule has 2 fully saturated rings. The first kappa shape index (κ1) is 33.8. The number of anilines is 2. The van der Waals surface area contributed by atoms with Gasteiger partial charge in [0, 0.05) is 69.4 Å². The second-order valence-electron chi connectivity index (χ2n) is 13.1. The van der Waals surface area contributed by atoms with Crippen molar-refractivity contribution < 1.29 is 23.9 Å². The highest BCUT2D eigenvalue weighted by Crippen LogP contribution is 2.32. The lowest BCUT2D eigenvalue weighted by molar-refractivity contribution is 0.0752. The molecule has 2 saturated heterocycles. The number of amides is 3. The molecule has 0 saturated carbocycles. The maximum absolute atomic E-state index is 13.6. The highest BCUT2D eigenvalue weighted by atomic mass is 16.5. The van der Waals surface area contributed by atoms with E-state index in [2.05, 4.69) is 41.4 Å². The van der Waals surface area contributed by atoms with E-state index in [9.17, 15) is 14.4 Å². The third kappa shape index (κ3) is 7.70. The van der Waals surface area contributed by atoms with Crippen LogP contribution in [0, 0.1) is 0 Å². The van der Waals surface area contributed by atoms with Crippen molar-refractivity contribution in [2.75, 3.05) is 76.8 Å². The van der Waals surface area contributed by atoms with Crippen molar-refractivity contribution in [2.24, 2.45) is 7.05 Å². The molecule has 2 aliphatic rings. The van der Waals surface area contributed by atoms with Crippen LogP contribution in [0.1, 0.15) is 70.5 Å². The molecule has 3 aromatic rings. The molecule has 0 aliphatic carbocycles. The monoisotopic (exact) mass is 645 g/mol. The number of methoxy groups -OCH3 is 2. The summed E-state index contributed by atoms with van der Waals surface area (Å²) in [5, 5.41) is 11.0. The number of hydrogen-bond acceptors (Lipinski definition) is 8. The molecule has 0 unspecified atom stereocenters. The first-order chi connectivity index (χ1) is 22.5. The van der Waals surface area contributed by atoms with Crippen LogP contribution in [0.2, 0.25) is 0 Å². The van der Waals surface area contributed by atoms with Crippen LogP contribution in [0.5, 0.6) is 11.5 Å². The van der Waals surface area contributed by atoms with Crippen molar-refractivity contribution in [1.29, 1.82) is 0 Å². The summed E-state index contributed by atoms with van der Waals surface area (Å²) in [6, 6.07) is 12.4. The first-order valence-corrected chi connectivity index (χ1v) is 16.3. The number of nitrogens with zero attached hydrogens (tertiary/aromatic N) is 5. The molecule has 0 bridgehead atoms. The van der Waals surface area contributed by atoms with Gasteiger partial charge < -0.3 is 34.8 Å². The Kier molecular flexibility index (Phi) is 10.4. The molecule has 0 atom stereocenters. The lowest BCUT2D eigenvalue weighted by Gasteiger charge is -2.27. The molecule has 0 spiro atoms. The van der Waals surface area contributed by atoms with Gasteiger partial charge in [0.2, 0.25) is 0 Å². The average molecular weight is 646 g/mol. The molecule has 12 nitrogen and oxygen atoms in total. The highest BCUT2D eigenvalue weighted by molar-refractivity contribution is 6.07. The molecule has 3 amide bonds. The number of benzene rings is 2. The van der Waals surface area contributed by atoms with Crippen LogP contribution < -0.4 is 25.0 Å². The summed E-state index contributed by atoms with van der Waals surface area (Å²) in [6.45, 7) is 11.5. The molecule has 2 aliphatic heterocycles. The fourth-order valence-electron chi connectivity index (χ4n) is 6.01. The first-order valence-electron chi connectivity index (χ1n) is 16.3. The van der Waals surface area contributed by atoms with Gasteiger partial charge in [0.05, 0.1) is 31.3 Å². The normalized spacial score (nSPS) is 15.9. The number of aryl methyl sites for hydroxylation is 1. The van der Waals surface area contributed by atoms with Gasteiger partial charge in [-0.15, -0.1) is 0 Å². The van der Waals surface area contributed by atoms with E-state index >= 15 is 0 Å². The third-order valence-corrected chi connectivity index (χ3v) is 8.76. The summed E-state index contributed by atoms with van der Waals surface area (Å²) >= 11 is 0. The molecule has 0 radical (unpaired) electrons. The van der Waals surface area contributed by atoms with Crippen molar-refractivity contribution in [3.63, 3.8) is 0 Å². The number of hydrogen-bond donors (Lipinski definition) is 2. The molecular formula is C35H47N7O5. The minimum absolute atomic E-state index is 0.0489. The van der Waals surface area contributed by atoms with Crippen molar-refractivity contribution >= 4 is 29.1 Å². The van der Waals surface area contributed by atoms with E-state index in [1.54, 1.807) is 36.1 Å². The Morgan fingerprint density at radius 3 is 2.23 bits per heavy atom. The van der Waals surface area contributed by atoms with E-state index in [1.165, 1.54) is 7.11 Å². The molecule has 47 heavy (non-hydrogen) atoms. The summed E-state index contributed by atoms with van der Waals surface area (Å²) in [7, 11) is 4.88. The number of rotatable bonds is 7. The summed E-state index contributed by atoms with van der Waals surface area (Å²) in [5.74, 6) is 0.508. The lowest BCUT2D eigenvalue weighted by Crippen LogP contribution is -2.36. The van der Waals surface area contributed by atoms with Crippen molar-refractivity contribution in [3.8, 4) is 11.5 Å². The smallest absolute Gasteiger partial charge is 0.272 e.